The number of rotatable bonds is 12. The standard InChI is InChI=1S/C36H46O5Si2/c1-35(2,27-9-17-31(37)18-10-27)29-13-21-33(22-14-29)40-42(5,6)25-39-26-43(7,8)41-34-23-15-30(16-24-34)36(3,4)28-11-19-32(38)20-12-28/h9-24,37-38H,25-26H2,1-8H3. The van der Waals surface area contributed by atoms with E-state index in [0.717, 1.165) is 22.6 Å². The Morgan fingerprint density at radius 2 is 0.721 bits per heavy atom. The van der Waals surface area contributed by atoms with Crippen molar-refractivity contribution in [1.82, 2.24) is 0 Å². The maximum atomic E-state index is 9.65. The molecule has 2 N–H and O–H groups in total. The maximum Gasteiger partial charge on any atom is 0.270 e. The van der Waals surface area contributed by atoms with Crippen molar-refractivity contribution < 1.29 is 23.8 Å². The van der Waals surface area contributed by atoms with Crippen LogP contribution in [0, 0.1) is 0 Å². The molecule has 0 fully saturated rings. The molecule has 0 aliphatic rings. The van der Waals surface area contributed by atoms with Crippen molar-refractivity contribution in [3.8, 4) is 23.0 Å². The average Bonchev–Trinajstić information content (AvgIpc) is 2.93. The van der Waals surface area contributed by atoms with Crippen LogP contribution in [0.5, 0.6) is 23.0 Å². The first-order chi connectivity index (χ1) is 20.1. The van der Waals surface area contributed by atoms with E-state index in [1.807, 2.05) is 48.5 Å². The van der Waals surface area contributed by atoms with Crippen molar-refractivity contribution in [2.24, 2.45) is 0 Å². The van der Waals surface area contributed by atoms with Gasteiger partial charge in [0.15, 0.2) is 0 Å². The zero-order chi connectivity index (χ0) is 31.5. The lowest BCUT2D eigenvalue weighted by Gasteiger charge is -2.29. The summed E-state index contributed by atoms with van der Waals surface area (Å²) < 4.78 is 19.1. The van der Waals surface area contributed by atoms with E-state index in [1.165, 1.54) is 11.1 Å². The molecule has 0 amide bonds. The van der Waals surface area contributed by atoms with Gasteiger partial charge in [-0.05, 0) is 97.0 Å². The number of hydrogen-bond donors (Lipinski definition) is 2. The van der Waals surface area contributed by atoms with E-state index in [1.54, 1.807) is 24.3 Å². The third kappa shape index (κ3) is 8.31. The normalized spacial score (nSPS) is 12.7. The van der Waals surface area contributed by atoms with Crippen molar-refractivity contribution in [2.75, 3.05) is 12.5 Å². The van der Waals surface area contributed by atoms with Crippen LogP contribution in [-0.4, -0.2) is 39.3 Å². The zero-order valence-electron chi connectivity index (χ0n) is 26.8. The molecule has 228 valence electrons. The quantitative estimate of drug-likeness (QED) is 0.156. The molecule has 0 radical (unpaired) electrons. The van der Waals surface area contributed by atoms with E-state index in [0.29, 0.717) is 12.5 Å². The largest absolute Gasteiger partial charge is 0.542 e. The van der Waals surface area contributed by atoms with E-state index >= 15 is 0 Å². The van der Waals surface area contributed by atoms with Crippen LogP contribution in [0.3, 0.4) is 0 Å². The highest BCUT2D eigenvalue weighted by Crippen LogP contribution is 2.35. The van der Waals surface area contributed by atoms with Gasteiger partial charge in [0.1, 0.15) is 23.0 Å². The van der Waals surface area contributed by atoms with Gasteiger partial charge in [-0.3, -0.25) is 0 Å². The molecule has 0 aliphatic carbocycles. The summed E-state index contributed by atoms with van der Waals surface area (Å²) in [5.41, 5.74) is 4.27. The molecule has 0 spiro atoms. The van der Waals surface area contributed by atoms with Crippen molar-refractivity contribution in [3.05, 3.63) is 119 Å². The molecule has 4 aromatic rings. The minimum Gasteiger partial charge on any atom is -0.542 e. The molecule has 0 heterocycles. The molecule has 0 unspecified atom stereocenters. The number of ether oxygens (including phenoxy) is 1. The fraction of sp³-hybridized carbons (Fsp3) is 0.333. The van der Waals surface area contributed by atoms with Crippen LogP contribution >= 0.6 is 0 Å². The van der Waals surface area contributed by atoms with Gasteiger partial charge in [0.2, 0.25) is 0 Å². The van der Waals surface area contributed by atoms with Gasteiger partial charge >= 0.3 is 0 Å². The summed E-state index contributed by atoms with van der Waals surface area (Å²) in [4.78, 5) is 0. The minimum absolute atomic E-state index is 0.193. The van der Waals surface area contributed by atoms with Crippen molar-refractivity contribution in [3.63, 3.8) is 0 Å². The van der Waals surface area contributed by atoms with E-state index in [2.05, 4.69) is 78.1 Å². The Morgan fingerprint density at radius 3 is 1.00 bits per heavy atom. The van der Waals surface area contributed by atoms with Gasteiger partial charge in [-0.25, -0.2) is 0 Å². The Kier molecular flexibility index (Phi) is 9.49. The molecule has 43 heavy (non-hydrogen) atoms. The van der Waals surface area contributed by atoms with E-state index in [-0.39, 0.29) is 22.3 Å². The first-order valence-corrected chi connectivity index (χ1v) is 21.1. The van der Waals surface area contributed by atoms with E-state index in [9.17, 15) is 10.2 Å². The molecule has 0 saturated carbocycles. The Bertz CT molecular complexity index is 1360. The summed E-state index contributed by atoms with van der Waals surface area (Å²) in [6, 6.07) is 31.5. The van der Waals surface area contributed by atoms with Gasteiger partial charge in [-0.1, -0.05) is 76.2 Å². The van der Waals surface area contributed by atoms with Crippen molar-refractivity contribution in [1.29, 1.82) is 0 Å². The summed E-state index contributed by atoms with van der Waals surface area (Å²) >= 11 is 0. The van der Waals surface area contributed by atoms with Gasteiger partial charge in [-0.2, -0.15) is 0 Å². The first kappa shape index (κ1) is 32.4. The number of hydrogen-bond acceptors (Lipinski definition) is 5. The molecular formula is C36H46O5Si2. The lowest BCUT2D eigenvalue weighted by atomic mass is 9.78. The number of phenolic OH excluding ortho intramolecular Hbond substituents is 2. The van der Waals surface area contributed by atoms with Crippen LogP contribution in [-0.2, 0) is 15.6 Å². The van der Waals surface area contributed by atoms with E-state index in [4.69, 9.17) is 13.6 Å². The second-order valence-electron chi connectivity index (χ2n) is 13.6. The van der Waals surface area contributed by atoms with Crippen LogP contribution in [0.25, 0.3) is 0 Å². The highest BCUT2D eigenvalue weighted by atomic mass is 28.4. The van der Waals surface area contributed by atoms with Crippen molar-refractivity contribution in [2.45, 2.75) is 64.7 Å². The molecule has 0 atom stereocenters. The fourth-order valence-corrected chi connectivity index (χ4v) is 8.27. The fourth-order valence-electron chi connectivity index (χ4n) is 5.21. The molecule has 0 aromatic heterocycles. The Morgan fingerprint density at radius 1 is 0.465 bits per heavy atom. The highest BCUT2D eigenvalue weighted by molar-refractivity contribution is 6.73. The second kappa shape index (κ2) is 12.6. The monoisotopic (exact) mass is 614 g/mol. The van der Waals surface area contributed by atoms with Crippen LogP contribution < -0.4 is 8.85 Å². The molecule has 4 aromatic carbocycles. The topological polar surface area (TPSA) is 68.2 Å². The molecule has 4 rings (SSSR count). The Balaban J connectivity index is 1.30. The third-order valence-electron chi connectivity index (χ3n) is 8.02. The summed E-state index contributed by atoms with van der Waals surface area (Å²) in [5, 5.41) is 19.3. The first-order valence-electron chi connectivity index (χ1n) is 14.8. The average molecular weight is 615 g/mol. The van der Waals surface area contributed by atoms with Gasteiger partial charge in [-0.15, -0.1) is 0 Å². The summed E-state index contributed by atoms with van der Waals surface area (Å²) in [5.74, 6) is 2.26. The van der Waals surface area contributed by atoms with Crippen LogP contribution in [0.1, 0.15) is 49.9 Å². The van der Waals surface area contributed by atoms with Gasteiger partial charge in [0.25, 0.3) is 16.6 Å². The number of benzene rings is 4. The second-order valence-corrected chi connectivity index (χ2v) is 21.6. The maximum absolute atomic E-state index is 9.65. The smallest absolute Gasteiger partial charge is 0.270 e. The van der Waals surface area contributed by atoms with Crippen molar-refractivity contribution >= 4 is 16.6 Å². The van der Waals surface area contributed by atoms with Crippen LogP contribution in [0.4, 0.5) is 0 Å². The van der Waals surface area contributed by atoms with Gasteiger partial charge < -0.3 is 23.8 Å². The molecule has 0 bridgehead atoms. The highest BCUT2D eigenvalue weighted by Gasteiger charge is 2.31. The van der Waals surface area contributed by atoms with Crippen LogP contribution in [0.2, 0.25) is 26.2 Å². The molecule has 0 aliphatic heterocycles. The summed E-state index contributed by atoms with van der Waals surface area (Å²) in [7, 11) is -4.27. The minimum atomic E-state index is -2.13. The van der Waals surface area contributed by atoms with Gasteiger partial charge in [0, 0.05) is 10.8 Å². The molecular weight excluding hydrogens is 569 g/mol. The molecule has 5 nitrogen and oxygen atoms in total. The van der Waals surface area contributed by atoms with E-state index < -0.39 is 16.6 Å². The summed E-state index contributed by atoms with van der Waals surface area (Å²) in [6.45, 7) is 17.4. The zero-order valence-corrected chi connectivity index (χ0v) is 28.8. The molecule has 0 saturated heterocycles. The molecule has 7 heteroatoms. The van der Waals surface area contributed by atoms with Gasteiger partial charge in [0.05, 0.1) is 12.5 Å². The Labute approximate surface area is 259 Å². The lowest BCUT2D eigenvalue weighted by molar-refractivity contribution is 0.197. The third-order valence-corrected chi connectivity index (χ3v) is 11.4. The number of phenols is 2. The predicted octanol–water partition coefficient (Wildman–Crippen LogP) is 8.71. The Hall–Kier alpha value is -3.53. The summed E-state index contributed by atoms with van der Waals surface area (Å²) in [6.07, 6.45) is 1.15. The predicted molar refractivity (Wildman–Crippen MR) is 180 cm³/mol. The SMILES string of the molecule is CC(C)(c1ccc(O)cc1)c1ccc(O[Si](C)(C)COC[Si](C)(C)Oc2ccc(C(C)(C)c3ccc(O)cc3)cc2)cc1. The van der Waals surface area contributed by atoms with Crippen LogP contribution in [0.15, 0.2) is 97.1 Å². The number of aromatic hydroxyl groups is 2. The lowest BCUT2D eigenvalue weighted by Crippen LogP contribution is -2.45.